The molecular weight excluding hydrogens is 180 g/mol. The van der Waals surface area contributed by atoms with Crippen LogP contribution in [0.25, 0.3) is 0 Å². The molecule has 0 fully saturated rings. The molecule has 0 nitrogen and oxygen atoms in total. The summed E-state index contributed by atoms with van der Waals surface area (Å²) < 4.78 is 0. The minimum atomic E-state index is 0.364. The van der Waals surface area contributed by atoms with Crippen molar-refractivity contribution in [2.24, 2.45) is 0 Å². The molecule has 0 bridgehead atoms. The quantitative estimate of drug-likeness (QED) is 0.298. The molecule has 0 heterocycles. The predicted octanol–water partition coefficient (Wildman–Crippen LogP) is 4.92. The minimum absolute atomic E-state index is 0.364. The number of alkyl halides is 1. The lowest BCUT2D eigenvalue weighted by Gasteiger charge is -2.02. The van der Waals surface area contributed by atoms with Crippen molar-refractivity contribution in [3.05, 3.63) is 12.2 Å². The molecule has 78 valence electrons. The molecule has 0 amide bonds. The molecule has 0 rings (SSSR count). The first-order valence-corrected chi connectivity index (χ1v) is 5.96. The van der Waals surface area contributed by atoms with Crippen molar-refractivity contribution in [3.8, 4) is 0 Å². The van der Waals surface area contributed by atoms with E-state index in [4.69, 9.17) is 11.6 Å². The highest BCUT2D eigenvalue weighted by atomic mass is 35.5. The second-order valence-electron chi connectivity index (χ2n) is 3.69. The highest BCUT2D eigenvalue weighted by Crippen LogP contribution is 2.11. The van der Waals surface area contributed by atoms with Gasteiger partial charge in [0.05, 0.1) is 0 Å². The van der Waals surface area contributed by atoms with E-state index >= 15 is 0 Å². The molecule has 0 radical (unpaired) electrons. The molecule has 0 aliphatic rings. The summed E-state index contributed by atoms with van der Waals surface area (Å²) in [6, 6.07) is 0. The van der Waals surface area contributed by atoms with Crippen LogP contribution in [0, 0.1) is 0 Å². The van der Waals surface area contributed by atoms with Crippen LogP contribution >= 0.6 is 11.6 Å². The monoisotopic (exact) mass is 202 g/mol. The van der Waals surface area contributed by atoms with Gasteiger partial charge in [0, 0.05) is 5.38 Å². The fraction of sp³-hybridized carbons (Fsp3) is 0.833. The van der Waals surface area contributed by atoms with Crippen LogP contribution in [0.4, 0.5) is 0 Å². The Morgan fingerprint density at radius 3 is 2.31 bits per heavy atom. The summed E-state index contributed by atoms with van der Waals surface area (Å²) in [5.41, 5.74) is 0. The molecule has 0 aromatic rings. The Bertz CT molecular complexity index is 116. The number of unbranched alkanes of at least 4 members (excludes halogenated alkanes) is 5. The minimum Gasteiger partial charge on any atom is -0.123 e. The zero-order chi connectivity index (χ0) is 9.94. The molecule has 0 aromatic carbocycles. The molecule has 0 aliphatic carbocycles. The van der Waals surface area contributed by atoms with E-state index in [2.05, 4.69) is 26.0 Å². The van der Waals surface area contributed by atoms with Crippen LogP contribution in [-0.2, 0) is 0 Å². The third-order valence-electron chi connectivity index (χ3n) is 2.21. The van der Waals surface area contributed by atoms with Crippen LogP contribution in [0.1, 0.15) is 58.8 Å². The Labute approximate surface area is 88.4 Å². The Kier molecular flexibility index (Phi) is 10.1. The molecule has 0 spiro atoms. The maximum Gasteiger partial charge on any atom is 0.0307 e. The summed E-state index contributed by atoms with van der Waals surface area (Å²) in [5, 5.41) is 0.364. The van der Waals surface area contributed by atoms with Crippen LogP contribution in [0.5, 0.6) is 0 Å². The van der Waals surface area contributed by atoms with Crippen LogP contribution in [0.2, 0.25) is 0 Å². The number of halogens is 1. The van der Waals surface area contributed by atoms with Crippen LogP contribution in [0.15, 0.2) is 12.2 Å². The summed E-state index contributed by atoms with van der Waals surface area (Å²) in [6.45, 7) is 4.16. The predicted molar refractivity (Wildman–Crippen MR) is 62.4 cm³/mol. The third kappa shape index (κ3) is 12.0. The summed E-state index contributed by atoms with van der Waals surface area (Å²) in [4.78, 5) is 0. The molecule has 13 heavy (non-hydrogen) atoms. The van der Waals surface area contributed by atoms with Crippen molar-refractivity contribution in [2.45, 2.75) is 64.2 Å². The summed E-state index contributed by atoms with van der Waals surface area (Å²) in [6.07, 6.45) is 13.6. The number of hydrogen-bond donors (Lipinski definition) is 0. The fourth-order valence-corrected chi connectivity index (χ4v) is 1.54. The van der Waals surface area contributed by atoms with E-state index in [9.17, 15) is 0 Å². The molecular formula is C12H23Cl. The zero-order valence-corrected chi connectivity index (χ0v) is 9.82. The van der Waals surface area contributed by atoms with Gasteiger partial charge in [-0.25, -0.2) is 0 Å². The maximum atomic E-state index is 5.85. The van der Waals surface area contributed by atoms with Gasteiger partial charge < -0.3 is 0 Å². The SMILES string of the molecule is C/C=C/CCCCCCCC(C)Cl. The number of hydrogen-bond acceptors (Lipinski definition) is 0. The Morgan fingerprint density at radius 2 is 1.69 bits per heavy atom. The first-order valence-electron chi connectivity index (χ1n) is 5.52. The van der Waals surface area contributed by atoms with Crippen LogP contribution in [-0.4, -0.2) is 5.38 Å². The molecule has 0 saturated carbocycles. The second-order valence-corrected chi connectivity index (χ2v) is 4.44. The average Bonchev–Trinajstić information content (AvgIpc) is 2.09. The topological polar surface area (TPSA) is 0 Å². The van der Waals surface area contributed by atoms with Gasteiger partial charge in [-0.3, -0.25) is 0 Å². The van der Waals surface area contributed by atoms with Crippen molar-refractivity contribution in [2.75, 3.05) is 0 Å². The van der Waals surface area contributed by atoms with Gasteiger partial charge in [0.25, 0.3) is 0 Å². The van der Waals surface area contributed by atoms with E-state index in [0.717, 1.165) is 0 Å². The van der Waals surface area contributed by atoms with Crippen molar-refractivity contribution >= 4 is 11.6 Å². The van der Waals surface area contributed by atoms with Gasteiger partial charge in [-0.1, -0.05) is 37.8 Å². The highest BCUT2D eigenvalue weighted by molar-refractivity contribution is 6.20. The highest BCUT2D eigenvalue weighted by Gasteiger charge is 1.95. The average molecular weight is 203 g/mol. The summed E-state index contributed by atoms with van der Waals surface area (Å²) >= 11 is 5.85. The summed E-state index contributed by atoms with van der Waals surface area (Å²) in [5.74, 6) is 0. The maximum absolute atomic E-state index is 5.85. The van der Waals surface area contributed by atoms with Crippen LogP contribution < -0.4 is 0 Å². The standard InChI is InChI=1S/C12H23Cl/c1-3-4-5-6-7-8-9-10-11-12(2)13/h3-4,12H,5-11H2,1-2H3/b4-3+. The van der Waals surface area contributed by atoms with E-state index in [0.29, 0.717) is 5.38 Å². The third-order valence-corrected chi connectivity index (χ3v) is 2.43. The van der Waals surface area contributed by atoms with E-state index in [1.807, 2.05) is 0 Å². The number of rotatable bonds is 8. The van der Waals surface area contributed by atoms with Crippen molar-refractivity contribution in [3.63, 3.8) is 0 Å². The first kappa shape index (κ1) is 13.0. The normalized spacial score (nSPS) is 13.8. The van der Waals surface area contributed by atoms with Crippen molar-refractivity contribution < 1.29 is 0 Å². The van der Waals surface area contributed by atoms with Gasteiger partial charge in [0.15, 0.2) is 0 Å². The molecule has 0 aliphatic heterocycles. The molecule has 1 atom stereocenters. The van der Waals surface area contributed by atoms with Gasteiger partial charge in [0.1, 0.15) is 0 Å². The first-order chi connectivity index (χ1) is 6.27. The molecule has 0 aromatic heterocycles. The lowest BCUT2D eigenvalue weighted by Crippen LogP contribution is -1.89. The Morgan fingerprint density at radius 1 is 1.08 bits per heavy atom. The lowest BCUT2D eigenvalue weighted by molar-refractivity contribution is 0.594. The van der Waals surface area contributed by atoms with E-state index in [1.165, 1.54) is 44.9 Å². The lowest BCUT2D eigenvalue weighted by atomic mass is 10.1. The van der Waals surface area contributed by atoms with E-state index in [1.54, 1.807) is 0 Å². The van der Waals surface area contributed by atoms with Gasteiger partial charge in [-0.15, -0.1) is 11.6 Å². The van der Waals surface area contributed by atoms with E-state index in [-0.39, 0.29) is 0 Å². The summed E-state index contributed by atoms with van der Waals surface area (Å²) in [7, 11) is 0. The molecule has 1 heteroatoms. The molecule has 0 N–H and O–H groups in total. The number of allylic oxidation sites excluding steroid dienone is 2. The Hall–Kier alpha value is 0.0300. The molecule has 0 saturated heterocycles. The van der Waals surface area contributed by atoms with Crippen LogP contribution in [0.3, 0.4) is 0 Å². The second kappa shape index (κ2) is 10.1. The zero-order valence-electron chi connectivity index (χ0n) is 9.06. The molecule has 1 unspecified atom stereocenters. The van der Waals surface area contributed by atoms with Gasteiger partial charge in [-0.05, 0) is 33.1 Å². The Balaban J connectivity index is 2.91. The smallest absolute Gasteiger partial charge is 0.0307 e. The van der Waals surface area contributed by atoms with Gasteiger partial charge >= 0.3 is 0 Å². The van der Waals surface area contributed by atoms with E-state index < -0.39 is 0 Å². The van der Waals surface area contributed by atoms with Crippen molar-refractivity contribution in [1.29, 1.82) is 0 Å². The van der Waals surface area contributed by atoms with Gasteiger partial charge in [-0.2, -0.15) is 0 Å². The largest absolute Gasteiger partial charge is 0.123 e. The van der Waals surface area contributed by atoms with Gasteiger partial charge in [0.2, 0.25) is 0 Å². The van der Waals surface area contributed by atoms with Crippen molar-refractivity contribution in [1.82, 2.24) is 0 Å². The fourth-order valence-electron chi connectivity index (χ4n) is 1.38.